The van der Waals surface area contributed by atoms with Crippen molar-refractivity contribution >= 4 is 5.97 Å². The largest absolute Gasteiger partial charge is 0.480 e. The third-order valence-corrected chi connectivity index (χ3v) is 3.45. The number of hydrogen-bond acceptors (Lipinski definition) is 3. The number of unbranched alkanes of at least 4 members (excludes halogenated alkanes) is 5. The Labute approximate surface area is 118 Å². The van der Waals surface area contributed by atoms with Crippen LogP contribution in [0, 0.1) is 0 Å². The summed E-state index contributed by atoms with van der Waals surface area (Å²) < 4.78 is 0. The molecule has 0 aromatic rings. The minimum Gasteiger partial charge on any atom is -0.480 e. The van der Waals surface area contributed by atoms with Gasteiger partial charge in [0.2, 0.25) is 0 Å². The van der Waals surface area contributed by atoms with Crippen LogP contribution >= 0.6 is 0 Å². The first kappa shape index (κ1) is 18.4. The average Bonchev–Trinajstić information content (AvgIpc) is 2.35. The number of carbonyl (C=O) groups is 1. The van der Waals surface area contributed by atoms with E-state index in [1.165, 1.54) is 38.5 Å². The summed E-state index contributed by atoms with van der Waals surface area (Å²) in [5, 5.41) is 12.4. The van der Waals surface area contributed by atoms with Gasteiger partial charge in [0.1, 0.15) is 6.04 Å². The molecule has 0 aliphatic carbocycles. The molecule has 0 rings (SSSR count). The first-order chi connectivity index (χ1) is 9.09. The Bertz CT molecular complexity index is 220. The Morgan fingerprint density at radius 2 is 1.63 bits per heavy atom. The summed E-state index contributed by atoms with van der Waals surface area (Å²) in [5.41, 5.74) is 0. The molecule has 0 fully saturated rings. The van der Waals surface area contributed by atoms with E-state index in [4.69, 9.17) is 5.11 Å². The summed E-state index contributed by atoms with van der Waals surface area (Å²) in [5.74, 6) is -0.721. The Morgan fingerprint density at radius 3 is 2.21 bits per heavy atom. The van der Waals surface area contributed by atoms with E-state index in [1.807, 2.05) is 14.1 Å². The fraction of sp³-hybridized carbons (Fsp3) is 0.933. The van der Waals surface area contributed by atoms with Crippen molar-refractivity contribution in [1.29, 1.82) is 0 Å². The van der Waals surface area contributed by atoms with E-state index in [9.17, 15) is 4.79 Å². The SMILES string of the molecule is CCCCCCCCNCCCC(C(=O)O)N(C)C. The summed E-state index contributed by atoms with van der Waals surface area (Å²) in [6, 6.07) is -0.351. The van der Waals surface area contributed by atoms with E-state index in [2.05, 4.69) is 12.2 Å². The lowest BCUT2D eigenvalue weighted by molar-refractivity contribution is -0.142. The van der Waals surface area contributed by atoms with Gasteiger partial charge < -0.3 is 10.4 Å². The zero-order valence-electron chi connectivity index (χ0n) is 13.0. The summed E-state index contributed by atoms with van der Waals surface area (Å²) in [6.45, 7) is 4.22. The lowest BCUT2D eigenvalue weighted by atomic mass is 10.1. The van der Waals surface area contributed by atoms with Gasteiger partial charge in [0.25, 0.3) is 0 Å². The van der Waals surface area contributed by atoms with Crippen molar-refractivity contribution in [2.45, 2.75) is 64.3 Å². The molecule has 1 atom stereocenters. The van der Waals surface area contributed by atoms with Crippen LogP contribution in [0.25, 0.3) is 0 Å². The van der Waals surface area contributed by atoms with Crippen LogP contribution in [-0.2, 0) is 4.79 Å². The lowest BCUT2D eigenvalue weighted by Crippen LogP contribution is -2.36. The normalized spacial score (nSPS) is 12.8. The molecule has 0 aliphatic rings. The van der Waals surface area contributed by atoms with Crippen molar-refractivity contribution in [1.82, 2.24) is 10.2 Å². The quantitative estimate of drug-likeness (QED) is 0.506. The predicted octanol–water partition coefficient (Wildman–Crippen LogP) is 2.73. The number of carboxylic acids is 1. The maximum Gasteiger partial charge on any atom is 0.320 e. The number of nitrogens with one attached hydrogen (secondary N) is 1. The second kappa shape index (κ2) is 12.4. The van der Waals surface area contributed by atoms with E-state index in [0.717, 1.165) is 19.5 Å². The molecule has 0 saturated carbocycles. The highest BCUT2D eigenvalue weighted by Gasteiger charge is 2.18. The molecule has 0 heterocycles. The third-order valence-electron chi connectivity index (χ3n) is 3.45. The zero-order chi connectivity index (χ0) is 14.5. The molecule has 0 amide bonds. The number of aliphatic carboxylic acids is 1. The molecular formula is C15H32N2O2. The topological polar surface area (TPSA) is 52.6 Å². The van der Waals surface area contributed by atoms with E-state index in [-0.39, 0.29) is 6.04 Å². The van der Waals surface area contributed by atoms with E-state index in [0.29, 0.717) is 6.42 Å². The maximum absolute atomic E-state index is 11.0. The Kier molecular flexibility index (Phi) is 12.0. The van der Waals surface area contributed by atoms with Crippen molar-refractivity contribution in [2.24, 2.45) is 0 Å². The first-order valence-corrected chi connectivity index (χ1v) is 7.69. The van der Waals surface area contributed by atoms with Crippen LogP contribution in [0.1, 0.15) is 58.3 Å². The van der Waals surface area contributed by atoms with Gasteiger partial charge in [0.15, 0.2) is 0 Å². The smallest absolute Gasteiger partial charge is 0.320 e. The van der Waals surface area contributed by atoms with Gasteiger partial charge in [0.05, 0.1) is 0 Å². The van der Waals surface area contributed by atoms with Crippen molar-refractivity contribution in [2.75, 3.05) is 27.2 Å². The lowest BCUT2D eigenvalue weighted by Gasteiger charge is -2.19. The molecule has 0 aromatic heterocycles. The summed E-state index contributed by atoms with van der Waals surface area (Å²) >= 11 is 0. The number of likely N-dealkylation sites (N-methyl/N-ethyl adjacent to an activating group) is 1. The molecule has 0 radical (unpaired) electrons. The molecule has 2 N–H and O–H groups in total. The molecule has 114 valence electrons. The molecule has 0 saturated heterocycles. The highest BCUT2D eigenvalue weighted by Crippen LogP contribution is 2.05. The summed E-state index contributed by atoms with van der Waals surface area (Å²) in [4.78, 5) is 12.7. The van der Waals surface area contributed by atoms with Crippen molar-refractivity contribution in [3.8, 4) is 0 Å². The van der Waals surface area contributed by atoms with Gasteiger partial charge in [-0.15, -0.1) is 0 Å². The zero-order valence-corrected chi connectivity index (χ0v) is 13.0. The fourth-order valence-corrected chi connectivity index (χ4v) is 2.18. The second-order valence-electron chi connectivity index (χ2n) is 5.48. The van der Waals surface area contributed by atoms with Crippen LogP contribution in [0.5, 0.6) is 0 Å². The number of nitrogens with zero attached hydrogens (tertiary/aromatic N) is 1. The van der Waals surface area contributed by atoms with Crippen LogP contribution in [-0.4, -0.2) is 49.2 Å². The molecule has 19 heavy (non-hydrogen) atoms. The van der Waals surface area contributed by atoms with E-state index >= 15 is 0 Å². The molecule has 0 bridgehead atoms. The van der Waals surface area contributed by atoms with Crippen molar-refractivity contribution in [3.05, 3.63) is 0 Å². The molecule has 1 unspecified atom stereocenters. The van der Waals surface area contributed by atoms with Crippen molar-refractivity contribution < 1.29 is 9.90 Å². The van der Waals surface area contributed by atoms with Gasteiger partial charge in [-0.1, -0.05) is 39.0 Å². The number of carboxylic acid groups (broad SMARTS) is 1. The first-order valence-electron chi connectivity index (χ1n) is 7.69. The monoisotopic (exact) mass is 272 g/mol. The minimum atomic E-state index is -0.721. The Morgan fingerprint density at radius 1 is 1.05 bits per heavy atom. The Balaban J connectivity index is 3.32. The minimum absolute atomic E-state index is 0.351. The number of hydrogen-bond donors (Lipinski definition) is 2. The molecule has 4 nitrogen and oxygen atoms in total. The molecular weight excluding hydrogens is 240 g/mol. The van der Waals surface area contributed by atoms with Crippen LogP contribution in [0.3, 0.4) is 0 Å². The fourth-order valence-electron chi connectivity index (χ4n) is 2.18. The highest BCUT2D eigenvalue weighted by atomic mass is 16.4. The van der Waals surface area contributed by atoms with Crippen LogP contribution in [0.2, 0.25) is 0 Å². The summed E-state index contributed by atoms with van der Waals surface area (Å²) in [7, 11) is 3.64. The van der Waals surface area contributed by atoms with Gasteiger partial charge in [-0.25, -0.2) is 0 Å². The number of rotatable bonds is 13. The van der Waals surface area contributed by atoms with Gasteiger partial charge in [-0.05, 0) is 46.4 Å². The predicted molar refractivity (Wildman–Crippen MR) is 80.6 cm³/mol. The van der Waals surface area contributed by atoms with Crippen LogP contribution < -0.4 is 5.32 Å². The van der Waals surface area contributed by atoms with Crippen molar-refractivity contribution in [3.63, 3.8) is 0 Å². The van der Waals surface area contributed by atoms with E-state index in [1.54, 1.807) is 4.90 Å². The molecule has 0 spiro atoms. The van der Waals surface area contributed by atoms with Gasteiger partial charge >= 0.3 is 5.97 Å². The summed E-state index contributed by atoms with van der Waals surface area (Å²) in [6.07, 6.45) is 9.54. The molecule has 0 aromatic carbocycles. The molecule has 4 heteroatoms. The van der Waals surface area contributed by atoms with Gasteiger partial charge in [0, 0.05) is 0 Å². The highest BCUT2D eigenvalue weighted by molar-refractivity contribution is 5.73. The third kappa shape index (κ3) is 11.0. The van der Waals surface area contributed by atoms with Gasteiger partial charge in [-0.2, -0.15) is 0 Å². The standard InChI is InChI=1S/C15H32N2O2/c1-4-5-6-7-8-9-12-16-13-10-11-14(15(18)19)17(2)3/h14,16H,4-13H2,1-3H3,(H,18,19). The van der Waals surface area contributed by atoms with Crippen LogP contribution in [0.4, 0.5) is 0 Å². The Hall–Kier alpha value is -0.610. The second-order valence-corrected chi connectivity index (χ2v) is 5.48. The average molecular weight is 272 g/mol. The van der Waals surface area contributed by atoms with E-state index < -0.39 is 5.97 Å². The maximum atomic E-state index is 11.0. The van der Waals surface area contributed by atoms with Gasteiger partial charge in [-0.3, -0.25) is 9.69 Å². The molecule has 0 aliphatic heterocycles. The van der Waals surface area contributed by atoms with Crippen LogP contribution in [0.15, 0.2) is 0 Å².